The molecule has 4 nitrogen and oxygen atoms in total. The zero-order valence-corrected chi connectivity index (χ0v) is 14.5. The first-order chi connectivity index (χ1) is 9.99. The lowest BCUT2D eigenvalue weighted by Gasteiger charge is -2.29. The van der Waals surface area contributed by atoms with Crippen molar-refractivity contribution in [2.75, 3.05) is 24.6 Å². The molecule has 21 heavy (non-hydrogen) atoms. The molecular weight excluding hydrogens is 328 g/mol. The van der Waals surface area contributed by atoms with Gasteiger partial charge < -0.3 is 10.2 Å². The van der Waals surface area contributed by atoms with E-state index in [9.17, 15) is 9.59 Å². The van der Waals surface area contributed by atoms with Crippen molar-refractivity contribution in [1.29, 1.82) is 0 Å². The highest BCUT2D eigenvalue weighted by Crippen LogP contribution is 2.28. The first-order valence-electron chi connectivity index (χ1n) is 6.91. The summed E-state index contributed by atoms with van der Waals surface area (Å²) in [5, 5.41) is 2.81. The first-order valence-corrected chi connectivity index (χ1v) is 9.26. The van der Waals surface area contributed by atoms with Crippen molar-refractivity contribution >= 4 is 46.5 Å². The van der Waals surface area contributed by atoms with Crippen LogP contribution < -0.4 is 5.32 Å². The molecule has 0 spiro atoms. The largest absolute Gasteiger partial charge is 0.344 e. The lowest BCUT2D eigenvalue weighted by molar-refractivity contribution is -0.135. The van der Waals surface area contributed by atoms with Crippen molar-refractivity contribution in [1.82, 2.24) is 10.2 Å². The molecule has 2 atom stereocenters. The number of thioether (sulfide) groups is 1. The van der Waals surface area contributed by atoms with Crippen LogP contribution in [-0.2, 0) is 9.59 Å². The van der Waals surface area contributed by atoms with Crippen molar-refractivity contribution in [2.45, 2.75) is 25.8 Å². The van der Waals surface area contributed by atoms with Gasteiger partial charge in [0.05, 0.1) is 10.3 Å². The molecule has 2 heterocycles. The maximum atomic E-state index is 12.3. The van der Waals surface area contributed by atoms with Gasteiger partial charge in [0, 0.05) is 29.5 Å². The smallest absolute Gasteiger partial charge is 0.244 e. The summed E-state index contributed by atoms with van der Waals surface area (Å²) in [6.07, 6.45) is 0. The minimum Gasteiger partial charge on any atom is -0.344 e. The number of nitrogens with zero attached hydrogens (tertiary/aromatic N) is 1. The predicted octanol–water partition coefficient (Wildman–Crippen LogP) is 2.59. The Balaban J connectivity index is 1.90. The van der Waals surface area contributed by atoms with Crippen LogP contribution in [0.3, 0.4) is 0 Å². The van der Waals surface area contributed by atoms with Crippen molar-refractivity contribution in [3.63, 3.8) is 0 Å². The van der Waals surface area contributed by atoms with E-state index in [0.29, 0.717) is 4.34 Å². The Hall–Kier alpha value is -0.720. The minimum absolute atomic E-state index is 0.0000574. The maximum Gasteiger partial charge on any atom is 0.244 e. The normalized spacial score (nSPS) is 18.1. The maximum absolute atomic E-state index is 12.3. The lowest BCUT2D eigenvalue weighted by atomic mass is 10.1. The fourth-order valence-electron chi connectivity index (χ4n) is 2.15. The van der Waals surface area contributed by atoms with E-state index in [-0.39, 0.29) is 17.7 Å². The van der Waals surface area contributed by atoms with Crippen LogP contribution in [0.15, 0.2) is 12.1 Å². The number of hydrogen-bond acceptors (Lipinski definition) is 4. The Morgan fingerprint density at radius 1 is 1.29 bits per heavy atom. The van der Waals surface area contributed by atoms with Gasteiger partial charge in [-0.3, -0.25) is 9.59 Å². The molecule has 1 fully saturated rings. The summed E-state index contributed by atoms with van der Waals surface area (Å²) in [6, 6.07) is 3.15. The Kier molecular flexibility index (Phi) is 5.96. The van der Waals surface area contributed by atoms with Crippen LogP contribution in [0.25, 0.3) is 0 Å². The molecule has 1 aliphatic heterocycles. The quantitative estimate of drug-likeness (QED) is 0.911. The van der Waals surface area contributed by atoms with Crippen LogP contribution in [0.4, 0.5) is 0 Å². The number of amides is 2. The van der Waals surface area contributed by atoms with E-state index in [1.54, 1.807) is 13.0 Å². The van der Waals surface area contributed by atoms with Gasteiger partial charge in [0.2, 0.25) is 11.8 Å². The van der Waals surface area contributed by atoms with Gasteiger partial charge in [-0.15, -0.1) is 11.3 Å². The van der Waals surface area contributed by atoms with Gasteiger partial charge in [0.25, 0.3) is 0 Å². The lowest BCUT2D eigenvalue weighted by Crippen LogP contribution is -2.50. The van der Waals surface area contributed by atoms with E-state index in [4.69, 9.17) is 11.6 Å². The standard InChI is InChI=1S/C14H19ClN2O2S2/c1-9(11-3-4-12(15)21-11)13(18)16-10(2)14(19)17-5-7-20-8-6-17/h3-4,9-10H,5-8H2,1-2H3,(H,16,18)/t9-,10+/m0/s1. The number of hydrogen-bond donors (Lipinski definition) is 1. The molecule has 0 radical (unpaired) electrons. The van der Waals surface area contributed by atoms with E-state index in [2.05, 4.69) is 5.32 Å². The fourth-order valence-corrected chi connectivity index (χ4v) is 4.16. The summed E-state index contributed by atoms with van der Waals surface area (Å²) in [5.41, 5.74) is 0. The minimum atomic E-state index is -0.488. The average Bonchev–Trinajstić information content (AvgIpc) is 2.93. The van der Waals surface area contributed by atoms with Crippen LogP contribution in [0.5, 0.6) is 0 Å². The molecule has 0 aromatic carbocycles. The van der Waals surface area contributed by atoms with E-state index >= 15 is 0 Å². The zero-order valence-electron chi connectivity index (χ0n) is 12.1. The summed E-state index contributed by atoms with van der Waals surface area (Å²) in [5.74, 6) is 1.50. The second kappa shape index (κ2) is 7.51. The van der Waals surface area contributed by atoms with Crippen LogP contribution in [0, 0.1) is 0 Å². The van der Waals surface area contributed by atoms with E-state index in [1.165, 1.54) is 11.3 Å². The van der Waals surface area contributed by atoms with Crippen LogP contribution >= 0.6 is 34.7 Å². The number of halogens is 1. The summed E-state index contributed by atoms with van der Waals surface area (Å²) in [4.78, 5) is 27.2. The molecule has 0 saturated carbocycles. The summed E-state index contributed by atoms with van der Waals surface area (Å²) in [7, 11) is 0. The van der Waals surface area contributed by atoms with Gasteiger partial charge in [-0.1, -0.05) is 11.6 Å². The highest BCUT2D eigenvalue weighted by molar-refractivity contribution is 7.99. The summed E-state index contributed by atoms with van der Waals surface area (Å²) >= 11 is 9.14. The molecule has 0 bridgehead atoms. The third kappa shape index (κ3) is 4.37. The number of carbonyl (C=O) groups excluding carboxylic acids is 2. The van der Waals surface area contributed by atoms with Crippen molar-refractivity contribution < 1.29 is 9.59 Å². The molecule has 1 aliphatic rings. The summed E-state index contributed by atoms with van der Waals surface area (Å²) < 4.78 is 0.666. The predicted molar refractivity (Wildman–Crippen MR) is 89.3 cm³/mol. The molecule has 116 valence electrons. The number of nitrogens with one attached hydrogen (secondary N) is 1. The number of thiophene rings is 1. The molecule has 1 aromatic rings. The van der Waals surface area contributed by atoms with Crippen LogP contribution in [-0.4, -0.2) is 47.4 Å². The topological polar surface area (TPSA) is 49.4 Å². The fraction of sp³-hybridized carbons (Fsp3) is 0.571. The van der Waals surface area contributed by atoms with E-state index in [1.807, 2.05) is 29.7 Å². The molecule has 1 aromatic heterocycles. The molecule has 0 unspecified atom stereocenters. The molecule has 2 rings (SSSR count). The van der Waals surface area contributed by atoms with Crippen LogP contribution in [0.1, 0.15) is 24.6 Å². The van der Waals surface area contributed by atoms with E-state index in [0.717, 1.165) is 29.5 Å². The third-order valence-corrected chi connectivity index (χ3v) is 5.82. The zero-order chi connectivity index (χ0) is 15.4. The average molecular weight is 347 g/mol. The Bertz CT molecular complexity index is 515. The molecule has 1 N–H and O–H groups in total. The molecule has 1 saturated heterocycles. The second-order valence-electron chi connectivity index (χ2n) is 5.03. The second-order valence-corrected chi connectivity index (χ2v) is 8.00. The van der Waals surface area contributed by atoms with Gasteiger partial charge >= 0.3 is 0 Å². The summed E-state index contributed by atoms with van der Waals surface area (Å²) in [6.45, 7) is 5.10. The van der Waals surface area contributed by atoms with Crippen molar-refractivity contribution in [3.05, 3.63) is 21.3 Å². The number of rotatable bonds is 4. The Labute approximate surface area is 138 Å². The Morgan fingerprint density at radius 3 is 2.52 bits per heavy atom. The number of carbonyl (C=O) groups is 2. The third-order valence-electron chi connectivity index (χ3n) is 3.47. The molecule has 2 amide bonds. The van der Waals surface area contributed by atoms with Gasteiger partial charge in [0.15, 0.2) is 0 Å². The van der Waals surface area contributed by atoms with Gasteiger partial charge in [-0.25, -0.2) is 0 Å². The SMILES string of the molecule is C[C@H](C(=O)N[C@H](C)C(=O)N1CCSCC1)c1ccc(Cl)s1. The van der Waals surface area contributed by atoms with Gasteiger partial charge in [0.1, 0.15) is 6.04 Å². The Morgan fingerprint density at radius 2 is 1.95 bits per heavy atom. The van der Waals surface area contributed by atoms with Crippen molar-refractivity contribution in [3.8, 4) is 0 Å². The highest BCUT2D eigenvalue weighted by atomic mass is 35.5. The first kappa shape index (κ1) is 16.6. The molecule has 7 heteroatoms. The molecular formula is C14H19ClN2O2S2. The van der Waals surface area contributed by atoms with Gasteiger partial charge in [-0.2, -0.15) is 11.8 Å². The highest BCUT2D eigenvalue weighted by Gasteiger charge is 2.26. The van der Waals surface area contributed by atoms with Gasteiger partial charge in [-0.05, 0) is 26.0 Å². The van der Waals surface area contributed by atoms with Crippen LogP contribution in [0.2, 0.25) is 4.34 Å². The van der Waals surface area contributed by atoms with E-state index < -0.39 is 6.04 Å². The monoisotopic (exact) mass is 346 g/mol. The van der Waals surface area contributed by atoms with Crippen molar-refractivity contribution in [2.24, 2.45) is 0 Å². The molecule has 0 aliphatic carbocycles.